The van der Waals surface area contributed by atoms with Crippen LogP contribution in [0.25, 0.3) is 0 Å². The molecule has 0 aromatic heterocycles. The van der Waals surface area contributed by atoms with Crippen LogP contribution in [0.1, 0.15) is 12.8 Å². The van der Waals surface area contributed by atoms with Gasteiger partial charge < -0.3 is 0 Å². The summed E-state index contributed by atoms with van der Waals surface area (Å²) >= 11 is 2.77. The van der Waals surface area contributed by atoms with E-state index < -0.39 is 28.7 Å². The molecule has 0 aromatic carbocycles. The van der Waals surface area contributed by atoms with Crippen molar-refractivity contribution in [1.29, 1.82) is 0 Å². The van der Waals surface area contributed by atoms with Gasteiger partial charge in [-0.25, -0.2) is 12.7 Å². The number of alkyl halides is 4. The summed E-state index contributed by atoms with van der Waals surface area (Å²) in [6.07, 6.45) is -4.03. The van der Waals surface area contributed by atoms with E-state index in [0.717, 1.165) is 4.31 Å². The first kappa shape index (κ1) is 13.2. The largest absolute Gasteiger partial charge is 0.393 e. The summed E-state index contributed by atoms with van der Waals surface area (Å²) in [4.78, 5) is 0. The van der Waals surface area contributed by atoms with Crippen LogP contribution in [0.4, 0.5) is 13.2 Å². The van der Waals surface area contributed by atoms with Crippen molar-refractivity contribution in [2.24, 2.45) is 5.92 Å². The normalized spacial score (nSPS) is 25.5. The van der Waals surface area contributed by atoms with Crippen LogP contribution in [0.2, 0.25) is 0 Å². The Bertz CT molecular complexity index is 317. The van der Waals surface area contributed by atoms with Gasteiger partial charge in [-0.3, -0.25) is 0 Å². The maximum absolute atomic E-state index is 12.4. The quantitative estimate of drug-likeness (QED) is 0.731. The summed E-state index contributed by atoms with van der Waals surface area (Å²) < 4.78 is 60.4. The van der Waals surface area contributed by atoms with Crippen molar-refractivity contribution in [3.8, 4) is 0 Å². The van der Waals surface area contributed by atoms with Crippen LogP contribution in [0.3, 0.4) is 0 Å². The monoisotopic (exact) mass is 309 g/mol. The minimum absolute atomic E-state index is 0.0117. The molecule has 1 saturated heterocycles. The zero-order valence-corrected chi connectivity index (χ0v) is 10.2. The molecule has 0 spiro atoms. The van der Waals surface area contributed by atoms with Gasteiger partial charge in [0.05, 0.1) is 5.92 Å². The summed E-state index contributed by atoms with van der Waals surface area (Å²) in [5, 5.41) is 0. The Labute approximate surface area is 94.8 Å². The van der Waals surface area contributed by atoms with Crippen LogP contribution in [0.15, 0.2) is 0 Å². The van der Waals surface area contributed by atoms with Crippen molar-refractivity contribution in [2.45, 2.75) is 19.0 Å². The van der Waals surface area contributed by atoms with Crippen molar-refractivity contribution >= 4 is 26.0 Å². The van der Waals surface area contributed by atoms with Crippen LogP contribution in [0.5, 0.6) is 0 Å². The fourth-order valence-electron chi connectivity index (χ4n) is 1.53. The summed E-state index contributed by atoms with van der Waals surface area (Å²) in [6, 6.07) is 0. The van der Waals surface area contributed by atoms with E-state index in [0.29, 0.717) is 0 Å². The minimum atomic E-state index is -4.31. The van der Waals surface area contributed by atoms with E-state index in [9.17, 15) is 21.6 Å². The van der Waals surface area contributed by atoms with E-state index in [1.54, 1.807) is 0 Å². The predicted molar refractivity (Wildman–Crippen MR) is 53.1 cm³/mol. The lowest BCUT2D eigenvalue weighted by Gasteiger charge is -2.32. The van der Waals surface area contributed by atoms with Gasteiger partial charge >= 0.3 is 6.18 Å². The number of nitrogens with zero attached hydrogens (tertiary/aromatic N) is 1. The number of hydrogen-bond acceptors (Lipinski definition) is 2. The molecule has 0 saturated carbocycles. The second-order valence-corrected chi connectivity index (χ2v) is 6.73. The Morgan fingerprint density at radius 3 is 2.47 bits per heavy atom. The molecule has 0 amide bonds. The Balaban J connectivity index is 2.73. The standard InChI is InChI=1S/C7H11BrF3NO2S/c8-5-15(13,14)12-3-1-2-6(4-12)7(9,10)11/h6H,1-5H2. The zero-order chi connectivity index (χ0) is 11.7. The molecule has 0 aliphatic carbocycles. The van der Waals surface area contributed by atoms with E-state index >= 15 is 0 Å². The van der Waals surface area contributed by atoms with Crippen molar-refractivity contribution in [2.75, 3.05) is 17.8 Å². The molecule has 1 fully saturated rings. The highest BCUT2D eigenvalue weighted by Crippen LogP contribution is 2.34. The Hall–Kier alpha value is 0.180. The Morgan fingerprint density at radius 1 is 1.40 bits per heavy atom. The molecule has 0 radical (unpaired) electrons. The van der Waals surface area contributed by atoms with E-state index in [-0.39, 0.29) is 24.0 Å². The fourth-order valence-corrected chi connectivity index (χ4v) is 3.35. The van der Waals surface area contributed by atoms with Gasteiger partial charge in [0.15, 0.2) is 0 Å². The number of sulfonamides is 1. The predicted octanol–water partition coefficient (Wildman–Crippen LogP) is 1.94. The van der Waals surface area contributed by atoms with Gasteiger partial charge in [0.25, 0.3) is 0 Å². The zero-order valence-electron chi connectivity index (χ0n) is 7.80. The summed E-state index contributed by atoms with van der Waals surface area (Å²) in [7, 11) is -3.56. The molecule has 1 unspecified atom stereocenters. The van der Waals surface area contributed by atoms with Crippen molar-refractivity contribution in [3.05, 3.63) is 0 Å². The Kier molecular flexibility index (Phi) is 4.05. The molecule has 1 heterocycles. The lowest BCUT2D eigenvalue weighted by molar-refractivity contribution is -0.182. The molecule has 15 heavy (non-hydrogen) atoms. The van der Waals surface area contributed by atoms with Crippen molar-refractivity contribution in [3.63, 3.8) is 0 Å². The van der Waals surface area contributed by atoms with Gasteiger partial charge in [-0.05, 0) is 12.8 Å². The van der Waals surface area contributed by atoms with E-state index in [2.05, 4.69) is 15.9 Å². The highest BCUT2D eigenvalue weighted by molar-refractivity contribution is 9.10. The van der Waals surface area contributed by atoms with E-state index in [1.165, 1.54) is 0 Å². The molecule has 8 heteroatoms. The van der Waals surface area contributed by atoms with E-state index in [1.807, 2.05) is 0 Å². The minimum Gasteiger partial charge on any atom is -0.211 e. The molecule has 1 aliphatic heterocycles. The SMILES string of the molecule is O=S(=O)(CBr)N1CCCC(C(F)(F)F)C1. The third kappa shape index (κ3) is 3.32. The van der Waals surface area contributed by atoms with Crippen LogP contribution in [-0.4, -0.2) is 36.7 Å². The first-order valence-corrected chi connectivity index (χ1v) is 7.11. The van der Waals surface area contributed by atoms with E-state index in [4.69, 9.17) is 0 Å². The topological polar surface area (TPSA) is 37.4 Å². The molecular weight excluding hydrogens is 299 g/mol. The number of piperidine rings is 1. The molecule has 1 atom stereocenters. The van der Waals surface area contributed by atoms with Crippen LogP contribution in [0, 0.1) is 5.92 Å². The van der Waals surface area contributed by atoms with Gasteiger partial charge in [-0.1, -0.05) is 15.9 Å². The average Bonchev–Trinajstić information content (AvgIpc) is 2.17. The second kappa shape index (κ2) is 4.58. The van der Waals surface area contributed by atoms with Gasteiger partial charge in [0, 0.05) is 13.1 Å². The average molecular weight is 310 g/mol. The van der Waals surface area contributed by atoms with Gasteiger partial charge in [-0.15, -0.1) is 0 Å². The van der Waals surface area contributed by atoms with Crippen LogP contribution in [-0.2, 0) is 10.0 Å². The third-order valence-electron chi connectivity index (χ3n) is 2.38. The molecule has 0 aromatic rings. The molecule has 0 N–H and O–H groups in total. The number of hydrogen-bond donors (Lipinski definition) is 0. The Morgan fingerprint density at radius 2 is 2.00 bits per heavy atom. The highest BCUT2D eigenvalue weighted by atomic mass is 79.9. The lowest BCUT2D eigenvalue weighted by Crippen LogP contribution is -2.44. The van der Waals surface area contributed by atoms with Crippen molar-refractivity contribution in [1.82, 2.24) is 4.31 Å². The summed E-state index contributed by atoms with van der Waals surface area (Å²) in [5.74, 6) is -1.53. The lowest BCUT2D eigenvalue weighted by atomic mass is 9.99. The second-order valence-electron chi connectivity index (χ2n) is 3.46. The van der Waals surface area contributed by atoms with Crippen molar-refractivity contribution < 1.29 is 21.6 Å². The molecule has 1 aliphatic rings. The molecule has 3 nitrogen and oxygen atoms in total. The first-order chi connectivity index (χ1) is 6.77. The highest BCUT2D eigenvalue weighted by Gasteiger charge is 2.43. The molecular formula is C7H11BrF3NO2S. The summed E-state index contributed by atoms with van der Waals surface area (Å²) in [6.45, 7) is -0.266. The molecule has 1 rings (SSSR count). The summed E-state index contributed by atoms with van der Waals surface area (Å²) in [5.41, 5.74) is 0. The van der Waals surface area contributed by atoms with Gasteiger partial charge in [0.2, 0.25) is 10.0 Å². The smallest absolute Gasteiger partial charge is 0.211 e. The van der Waals surface area contributed by atoms with Crippen LogP contribution < -0.4 is 0 Å². The number of rotatable bonds is 2. The fraction of sp³-hybridized carbons (Fsp3) is 1.00. The third-order valence-corrected chi connectivity index (χ3v) is 5.51. The first-order valence-electron chi connectivity index (χ1n) is 4.38. The van der Waals surface area contributed by atoms with Gasteiger partial charge in [0.1, 0.15) is 4.66 Å². The molecule has 0 bridgehead atoms. The maximum atomic E-state index is 12.4. The van der Waals surface area contributed by atoms with Gasteiger partial charge in [-0.2, -0.15) is 13.2 Å². The molecule has 90 valence electrons. The number of halogens is 4. The van der Waals surface area contributed by atoms with Crippen LogP contribution >= 0.6 is 15.9 Å². The maximum Gasteiger partial charge on any atom is 0.393 e.